The van der Waals surface area contributed by atoms with Crippen molar-refractivity contribution in [2.75, 3.05) is 25.1 Å². The van der Waals surface area contributed by atoms with Gasteiger partial charge in [0, 0.05) is 37.5 Å². The number of nitrogens with one attached hydrogen (secondary N) is 1. The molecule has 0 spiro atoms. The Morgan fingerprint density at radius 2 is 2.23 bits per heavy atom. The molecule has 2 aromatic rings. The van der Waals surface area contributed by atoms with Crippen LogP contribution in [-0.4, -0.2) is 53.3 Å². The van der Waals surface area contributed by atoms with Gasteiger partial charge in [0.1, 0.15) is 12.1 Å². The summed E-state index contributed by atoms with van der Waals surface area (Å²) < 4.78 is 5.52. The summed E-state index contributed by atoms with van der Waals surface area (Å²) in [5, 5.41) is 12.2. The quantitative estimate of drug-likeness (QED) is 0.811. The van der Waals surface area contributed by atoms with E-state index in [2.05, 4.69) is 20.2 Å². The second kappa shape index (κ2) is 8.25. The zero-order chi connectivity index (χ0) is 18.5. The number of methoxy groups -OCH3 is 1. The number of hydrogen-bond acceptors (Lipinski definition) is 6. The van der Waals surface area contributed by atoms with Gasteiger partial charge < -0.3 is 20.1 Å². The fourth-order valence-electron chi connectivity index (χ4n) is 3.24. The topological polar surface area (TPSA) is 87.6 Å². The molecule has 1 aliphatic rings. The van der Waals surface area contributed by atoms with Crippen molar-refractivity contribution in [1.82, 2.24) is 15.3 Å². The number of amides is 1. The molecule has 7 heteroatoms. The SMILES string of the molecule is CO[C@H]1C[C@@H](CNC(=O)c2cccc(CO)c2)N(c2cc(C)ncn2)C1. The molecule has 0 unspecified atom stereocenters. The Morgan fingerprint density at radius 3 is 2.96 bits per heavy atom. The number of benzene rings is 1. The molecule has 2 heterocycles. The number of carbonyl (C=O) groups is 1. The lowest BCUT2D eigenvalue weighted by Gasteiger charge is -2.25. The van der Waals surface area contributed by atoms with Crippen LogP contribution in [-0.2, 0) is 11.3 Å². The molecule has 3 rings (SSSR count). The zero-order valence-corrected chi connectivity index (χ0v) is 15.1. The second-order valence-electron chi connectivity index (χ2n) is 6.49. The van der Waals surface area contributed by atoms with Gasteiger partial charge in [-0.3, -0.25) is 4.79 Å². The number of carbonyl (C=O) groups excluding carboxylic acids is 1. The first-order valence-electron chi connectivity index (χ1n) is 8.66. The van der Waals surface area contributed by atoms with E-state index in [1.54, 1.807) is 37.7 Å². The first kappa shape index (κ1) is 18.3. The van der Waals surface area contributed by atoms with Crippen LogP contribution in [0.2, 0.25) is 0 Å². The van der Waals surface area contributed by atoms with Crippen molar-refractivity contribution in [1.29, 1.82) is 0 Å². The lowest BCUT2D eigenvalue weighted by molar-refractivity contribution is 0.0946. The summed E-state index contributed by atoms with van der Waals surface area (Å²) in [6.45, 7) is 3.07. The fourth-order valence-corrected chi connectivity index (χ4v) is 3.24. The molecule has 1 aliphatic heterocycles. The molecule has 0 aliphatic carbocycles. The molecule has 7 nitrogen and oxygen atoms in total. The Labute approximate surface area is 153 Å². The van der Waals surface area contributed by atoms with Crippen LogP contribution in [0.5, 0.6) is 0 Å². The third-order valence-corrected chi connectivity index (χ3v) is 4.66. The molecule has 1 amide bonds. The largest absolute Gasteiger partial charge is 0.392 e. The molecular weight excluding hydrogens is 332 g/mol. The van der Waals surface area contributed by atoms with Gasteiger partial charge in [-0.1, -0.05) is 12.1 Å². The van der Waals surface area contributed by atoms with Crippen LogP contribution < -0.4 is 10.2 Å². The van der Waals surface area contributed by atoms with Gasteiger partial charge in [-0.2, -0.15) is 0 Å². The number of aryl methyl sites for hydroxylation is 1. The Bertz CT molecular complexity index is 768. The number of nitrogens with zero attached hydrogens (tertiary/aromatic N) is 3. The van der Waals surface area contributed by atoms with Crippen molar-refractivity contribution in [2.24, 2.45) is 0 Å². The van der Waals surface area contributed by atoms with Crippen LogP contribution in [0.3, 0.4) is 0 Å². The maximum atomic E-state index is 12.4. The van der Waals surface area contributed by atoms with Gasteiger partial charge in [0.15, 0.2) is 0 Å². The third kappa shape index (κ3) is 4.17. The average molecular weight is 356 g/mol. The monoisotopic (exact) mass is 356 g/mol. The van der Waals surface area contributed by atoms with Crippen molar-refractivity contribution in [3.8, 4) is 0 Å². The second-order valence-corrected chi connectivity index (χ2v) is 6.49. The number of rotatable bonds is 6. The summed E-state index contributed by atoms with van der Waals surface area (Å²) in [7, 11) is 1.70. The van der Waals surface area contributed by atoms with Crippen LogP contribution >= 0.6 is 0 Å². The lowest BCUT2D eigenvalue weighted by Crippen LogP contribution is -2.40. The predicted molar refractivity (Wildman–Crippen MR) is 98.0 cm³/mol. The van der Waals surface area contributed by atoms with Gasteiger partial charge in [-0.05, 0) is 31.0 Å². The highest BCUT2D eigenvalue weighted by molar-refractivity contribution is 5.94. The molecule has 26 heavy (non-hydrogen) atoms. The maximum Gasteiger partial charge on any atom is 0.251 e. The number of aromatic nitrogens is 2. The highest BCUT2D eigenvalue weighted by atomic mass is 16.5. The van der Waals surface area contributed by atoms with Crippen molar-refractivity contribution in [3.05, 3.63) is 53.5 Å². The van der Waals surface area contributed by atoms with Gasteiger partial charge >= 0.3 is 0 Å². The molecule has 0 radical (unpaired) electrons. The molecule has 1 aromatic heterocycles. The number of aliphatic hydroxyl groups excluding tert-OH is 1. The maximum absolute atomic E-state index is 12.4. The highest BCUT2D eigenvalue weighted by Gasteiger charge is 2.33. The van der Waals surface area contributed by atoms with Gasteiger partial charge in [0.2, 0.25) is 0 Å². The Morgan fingerprint density at radius 1 is 1.38 bits per heavy atom. The van der Waals surface area contributed by atoms with E-state index in [1.807, 2.05) is 13.0 Å². The Balaban J connectivity index is 1.69. The lowest BCUT2D eigenvalue weighted by atomic mass is 10.1. The number of aliphatic hydroxyl groups is 1. The van der Waals surface area contributed by atoms with Crippen molar-refractivity contribution >= 4 is 11.7 Å². The van der Waals surface area contributed by atoms with E-state index < -0.39 is 0 Å². The molecule has 2 N–H and O–H groups in total. The standard InChI is InChI=1S/C19H24N4O3/c1-13-6-18(22-12-21-13)23-10-17(26-2)8-16(23)9-20-19(25)15-5-3-4-14(7-15)11-24/h3-7,12,16-17,24H,8-11H2,1-2H3,(H,20,25)/t16-,17-/m0/s1. The molecule has 1 saturated heterocycles. The van der Waals surface area contributed by atoms with E-state index in [1.165, 1.54) is 0 Å². The smallest absolute Gasteiger partial charge is 0.251 e. The molecule has 138 valence electrons. The average Bonchev–Trinajstić information content (AvgIpc) is 3.09. The van der Waals surface area contributed by atoms with Crippen LogP contribution in [0.1, 0.15) is 28.0 Å². The molecule has 2 atom stereocenters. The van der Waals surface area contributed by atoms with Crippen LogP contribution in [0, 0.1) is 6.92 Å². The predicted octanol–water partition coefficient (Wildman–Crippen LogP) is 1.30. The third-order valence-electron chi connectivity index (χ3n) is 4.66. The first-order valence-corrected chi connectivity index (χ1v) is 8.66. The van der Waals surface area contributed by atoms with E-state index >= 15 is 0 Å². The van der Waals surface area contributed by atoms with Crippen LogP contribution in [0.15, 0.2) is 36.7 Å². The molecule has 1 aromatic carbocycles. The van der Waals surface area contributed by atoms with E-state index in [9.17, 15) is 9.90 Å². The summed E-state index contributed by atoms with van der Waals surface area (Å²) in [4.78, 5) is 23.1. The summed E-state index contributed by atoms with van der Waals surface area (Å²) in [6, 6.07) is 9.04. The minimum atomic E-state index is -0.153. The van der Waals surface area contributed by atoms with Crippen LogP contribution in [0.4, 0.5) is 5.82 Å². The van der Waals surface area contributed by atoms with Gasteiger partial charge in [-0.15, -0.1) is 0 Å². The highest BCUT2D eigenvalue weighted by Crippen LogP contribution is 2.25. The molecule has 0 bridgehead atoms. The van der Waals surface area contributed by atoms with E-state index in [4.69, 9.17) is 4.74 Å². The van der Waals surface area contributed by atoms with Crippen molar-refractivity contribution in [3.63, 3.8) is 0 Å². The van der Waals surface area contributed by atoms with Crippen molar-refractivity contribution < 1.29 is 14.6 Å². The van der Waals surface area contributed by atoms with Crippen molar-refractivity contribution in [2.45, 2.75) is 32.1 Å². The minimum Gasteiger partial charge on any atom is -0.392 e. The van der Waals surface area contributed by atoms with E-state index in [0.29, 0.717) is 12.1 Å². The molecule has 1 fully saturated rings. The summed E-state index contributed by atoms with van der Waals surface area (Å²) in [6.07, 6.45) is 2.47. The van der Waals surface area contributed by atoms with E-state index in [0.717, 1.165) is 30.0 Å². The Hall–Kier alpha value is -2.51. The summed E-state index contributed by atoms with van der Waals surface area (Å²) >= 11 is 0. The number of hydrogen-bond donors (Lipinski definition) is 2. The normalized spacial score (nSPS) is 19.6. The van der Waals surface area contributed by atoms with Crippen LogP contribution in [0.25, 0.3) is 0 Å². The first-order chi connectivity index (χ1) is 12.6. The number of anilines is 1. The van der Waals surface area contributed by atoms with Gasteiger partial charge in [0.25, 0.3) is 5.91 Å². The molecule has 0 saturated carbocycles. The van der Waals surface area contributed by atoms with E-state index in [-0.39, 0.29) is 24.7 Å². The molecular formula is C19H24N4O3. The van der Waals surface area contributed by atoms with Gasteiger partial charge in [-0.25, -0.2) is 9.97 Å². The number of ether oxygens (including phenoxy) is 1. The Kier molecular flexibility index (Phi) is 5.80. The van der Waals surface area contributed by atoms with Gasteiger partial charge in [0.05, 0.1) is 18.8 Å². The fraction of sp³-hybridized carbons (Fsp3) is 0.421. The minimum absolute atomic E-state index is 0.0832. The summed E-state index contributed by atoms with van der Waals surface area (Å²) in [5.74, 6) is 0.693. The summed E-state index contributed by atoms with van der Waals surface area (Å²) in [5.41, 5.74) is 2.16. The zero-order valence-electron chi connectivity index (χ0n) is 15.1.